The van der Waals surface area contributed by atoms with Crippen LogP contribution in [-0.2, 0) is 6.42 Å². The number of rotatable bonds is 3. The van der Waals surface area contributed by atoms with Crippen LogP contribution in [0.15, 0.2) is 12.3 Å². The molecule has 76 valence electrons. The summed E-state index contributed by atoms with van der Waals surface area (Å²) < 4.78 is 0. The van der Waals surface area contributed by atoms with Gasteiger partial charge in [0.05, 0.1) is 4.92 Å². The Morgan fingerprint density at radius 1 is 1.71 bits per heavy atom. The number of nitrogens with zero attached hydrogens (tertiary/aromatic N) is 2. The first kappa shape index (κ1) is 11.1. The lowest BCUT2D eigenvalue weighted by molar-refractivity contribution is -0.385. The molecular formula is C9H11BrN2O2. The maximum Gasteiger partial charge on any atom is 0.290 e. The predicted molar refractivity (Wildman–Crippen MR) is 57.7 cm³/mol. The second-order valence-corrected chi connectivity index (χ2v) is 4.77. The molecule has 1 aromatic heterocycles. The molecular weight excluding hydrogens is 248 g/mol. The van der Waals surface area contributed by atoms with Crippen molar-refractivity contribution >= 4 is 21.6 Å². The topological polar surface area (TPSA) is 56.0 Å². The Kier molecular flexibility index (Phi) is 3.57. The molecule has 5 heteroatoms. The zero-order chi connectivity index (χ0) is 10.7. The van der Waals surface area contributed by atoms with Crippen molar-refractivity contribution in [2.75, 3.05) is 0 Å². The minimum atomic E-state index is -0.413. The fourth-order valence-electron chi connectivity index (χ4n) is 1.20. The summed E-state index contributed by atoms with van der Waals surface area (Å²) in [5.74, 6) is 0. The van der Waals surface area contributed by atoms with Crippen molar-refractivity contribution in [3.63, 3.8) is 0 Å². The van der Waals surface area contributed by atoms with Crippen LogP contribution in [0.1, 0.15) is 18.2 Å². The van der Waals surface area contributed by atoms with Gasteiger partial charge in [-0.25, -0.2) is 0 Å². The molecule has 0 fully saturated rings. The van der Waals surface area contributed by atoms with Crippen LogP contribution in [0, 0.1) is 17.0 Å². The van der Waals surface area contributed by atoms with E-state index in [0.717, 1.165) is 12.1 Å². The van der Waals surface area contributed by atoms with Crippen LogP contribution in [0.4, 0.5) is 5.69 Å². The number of hydrogen-bond donors (Lipinski definition) is 0. The maximum absolute atomic E-state index is 10.5. The second-order valence-electron chi connectivity index (χ2n) is 3.20. The Morgan fingerprint density at radius 2 is 2.36 bits per heavy atom. The number of hydrogen-bond acceptors (Lipinski definition) is 3. The van der Waals surface area contributed by atoms with E-state index in [9.17, 15) is 10.1 Å². The quantitative estimate of drug-likeness (QED) is 0.476. The van der Waals surface area contributed by atoms with Crippen molar-refractivity contribution in [2.45, 2.75) is 25.1 Å². The van der Waals surface area contributed by atoms with Crippen LogP contribution < -0.4 is 0 Å². The average molecular weight is 259 g/mol. The number of aryl methyl sites for hydroxylation is 1. The van der Waals surface area contributed by atoms with Crippen LogP contribution in [0.3, 0.4) is 0 Å². The van der Waals surface area contributed by atoms with Gasteiger partial charge in [0.15, 0.2) is 0 Å². The molecule has 0 bridgehead atoms. The average Bonchev–Trinajstić information content (AvgIpc) is 2.01. The van der Waals surface area contributed by atoms with Gasteiger partial charge < -0.3 is 0 Å². The Hall–Kier alpha value is -0.970. The fraction of sp³-hybridized carbons (Fsp3) is 0.444. The van der Waals surface area contributed by atoms with Gasteiger partial charge in [0.25, 0.3) is 5.69 Å². The highest BCUT2D eigenvalue weighted by Gasteiger charge is 2.11. The molecule has 14 heavy (non-hydrogen) atoms. The molecule has 1 rings (SSSR count). The Balaban J connectivity index is 2.94. The van der Waals surface area contributed by atoms with E-state index >= 15 is 0 Å². The lowest BCUT2D eigenvalue weighted by Gasteiger charge is -2.03. The molecule has 1 unspecified atom stereocenters. The summed E-state index contributed by atoms with van der Waals surface area (Å²) in [6.07, 6.45) is 2.10. The van der Waals surface area contributed by atoms with Gasteiger partial charge in [-0.05, 0) is 13.0 Å². The molecule has 0 aliphatic heterocycles. The van der Waals surface area contributed by atoms with Crippen LogP contribution in [0.2, 0.25) is 0 Å². The Bertz CT molecular complexity index is 353. The van der Waals surface area contributed by atoms with Crippen molar-refractivity contribution < 1.29 is 4.92 Å². The monoisotopic (exact) mass is 258 g/mol. The highest BCUT2D eigenvalue weighted by Crippen LogP contribution is 2.18. The van der Waals surface area contributed by atoms with Gasteiger partial charge >= 0.3 is 0 Å². The molecule has 0 aliphatic carbocycles. The molecule has 1 aromatic rings. The normalized spacial score (nSPS) is 12.5. The summed E-state index contributed by atoms with van der Waals surface area (Å²) in [6.45, 7) is 3.74. The molecule has 0 saturated heterocycles. The third-order valence-corrected chi connectivity index (χ3v) is 2.15. The van der Waals surface area contributed by atoms with E-state index in [1.165, 1.54) is 6.20 Å². The molecule has 0 aromatic carbocycles. The number of aromatic nitrogens is 1. The molecule has 0 aliphatic rings. The highest BCUT2D eigenvalue weighted by molar-refractivity contribution is 9.09. The van der Waals surface area contributed by atoms with Crippen LogP contribution in [-0.4, -0.2) is 14.7 Å². The largest absolute Gasteiger partial charge is 0.290 e. The van der Waals surface area contributed by atoms with E-state index in [2.05, 4.69) is 20.9 Å². The summed E-state index contributed by atoms with van der Waals surface area (Å²) in [5.41, 5.74) is 1.61. The van der Waals surface area contributed by atoms with Crippen molar-refractivity contribution in [3.05, 3.63) is 33.6 Å². The van der Waals surface area contributed by atoms with Gasteiger partial charge in [-0.3, -0.25) is 15.1 Å². The number of pyridine rings is 1. The molecule has 1 atom stereocenters. The number of halogens is 1. The summed E-state index contributed by atoms with van der Waals surface area (Å²) in [7, 11) is 0. The predicted octanol–water partition coefficient (Wildman–Crippen LogP) is 2.62. The van der Waals surface area contributed by atoms with Crippen molar-refractivity contribution in [3.8, 4) is 0 Å². The summed E-state index contributed by atoms with van der Waals surface area (Å²) in [4.78, 5) is 14.5. The lowest BCUT2D eigenvalue weighted by atomic mass is 10.1. The van der Waals surface area contributed by atoms with E-state index in [4.69, 9.17) is 0 Å². The summed E-state index contributed by atoms with van der Waals surface area (Å²) in [6, 6.07) is 1.76. The van der Waals surface area contributed by atoms with Crippen molar-refractivity contribution in [2.24, 2.45) is 0 Å². The van der Waals surface area contributed by atoms with Crippen molar-refractivity contribution in [1.82, 2.24) is 4.98 Å². The Morgan fingerprint density at radius 3 is 2.79 bits per heavy atom. The number of alkyl halides is 1. The highest BCUT2D eigenvalue weighted by atomic mass is 79.9. The number of nitro groups is 1. The van der Waals surface area contributed by atoms with E-state index in [-0.39, 0.29) is 5.69 Å². The van der Waals surface area contributed by atoms with E-state index in [1.54, 1.807) is 13.0 Å². The first-order chi connectivity index (χ1) is 6.50. The van der Waals surface area contributed by atoms with Gasteiger partial charge in [-0.15, -0.1) is 0 Å². The fourth-order valence-corrected chi connectivity index (χ4v) is 1.53. The molecule has 1 heterocycles. The van der Waals surface area contributed by atoms with Gasteiger partial charge in [0.2, 0.25) is 0 Å². The van der Waals surface area contributed by atoms with Crippen molar-refractivity contribution in [1.29, 1.82) is 0 Å². The Labute approximate surface area is 90.6 Å². The SMILES string of the molecule is Cc1cc(CC(C)Br)ncc1[N+](=O)[O-]. The molecule has 0 amide bonds. The van der Waals surface area contributed by atoms with Gasteiger partial charge in [-0.2, -0.15) is 0 Å². The minimum absolute atomic E-state index is 0.0796. The summed E-state index contributed by atoms with van der Waals surface area (Å²) >= 11 is 3.41. The van der Waals surface area contributed by atoms with Crippen LogP contribution >= 0.6 is 15.9 Å². The maximum atomic E-state index is 10.5. The standard InChI is InChI=1S/C9H11BrN2O2/c1-6-3-8(4-7(2)10)11-5-9(6)12(13)14/h3,5,7H,4H2,1-2H3. The van der Waals surface area contributed by atoms with Gasteiger partial charge in [0.1, 0.15) is 6.20 Å². The third kappa shape index (κ3) is 2.77. The first-order valence-electron chi connectivity index (χ1n) is 4.24. The third-order valence-electron chi connectivity index (χ3n) is 1.83. The van der Waals surface area contributed by atoms with Gasteiger partial charge in [-0.1, -0.05) is 22.9 Å². The summed E-state index contributed by atoms with van der Waals surface area (Å²) in [5, 5.41) is 10.5. The van der Waals surface area contributed by atoms with E-state index < -0.39 is 4.92 Å². The molecule has 0 N–H and O–H groups in total. The molecule has 0 radical (unpaired) electrons. The lowest BCUT2D eigenvalue weighted by Crippen LogP contribution is -2.01. The zero-order valence-electron chi connectivity index (χ0n) is 8.03. The van der Waals surface area contributed by atoms with E-state index in [0.29, 0.717) is 10.4 Å². The smallest absolute Gasteiger partial charge is 0.258 e. The first-order valence-corrected chi connectivity index (χ1v) is 5.16. The van der Waals surface area contributed by atoms with E-state index in [1.807, 2.05) is 6.92 Å². The zero-order valence-corrected chi connectivity index (χ0v) is 9.61. The second kappa shape index (κ2) is 4.50. The minimum Gasteiger partial charge on any atom is -0.258 e. The van der Waals surface area contributed by atoms with Gasteiger partial charge in [0, 0.05) is 22.5 Å². The van der Waals surface area contributed by atoms with Crippen LogP contribution in [0.5, 0.6) is 0 Å². The molecule has 0 spiro atoms. The van der Waals surface area contributed by atoms with Crippen LogP contribution in [0.25, 0.3) is 0 Å². The molecule has 0 saturated carbocycles. The molecule has 4 nitrogen and oxygen atoms in total.